The summed E-state index contributed by atoms with van der Waals surface area (Å²) in [6.07, 6.45) is 3.33. The van der Waals surface area contributed by atoms with Gasteiger partial charge in [-0.2, -0.15) is 0 Å². The van der Waals surface area contributed by atoms with Crippen LogP contribution >= 0.6 is 15.9 Å². The SMILES string of the molecule is CCCCO[C@H]1C(c2cc(Br)ccc2O[C@@H](C)C(=O)OC)=NO[C@H]1C1CC1. The molecule has 3 atom stereocenters. The second kappa shape index (κ2) is 9.06. The number of benzene rings is 1. The smallest absolute Gasteiger partial charge is 0.346 e. The number of esters is 1. The summed E-state index contributed by atoms with van der Waals surface area (Å²) in [6.45, 7) is 4.46. The molecule has 0 amide bonds. The van der Waals surface area contributed by atoms with Crippen molar-refractivity contribution in [2.24, 2.45) is 11.1 Å². The fourth-order valence-corrected chi connectivity index (χ4v) is 3.44. The van der Waals surface area contributed by atoms with E-state index in [0.29, 0.717) is 18.3 Å². The van der Waals surface area contributed by atoms with Gasteiger partial charge in [-0.05, 0) is 44.4 Å². The second-order valence-corrected chi connectivity index (χ2v) is 7.87. The third-order valence-corrected chi connectivity index (χ3v) is 5.27. The number of unbranched alkanes of at least 4 members (excludes halogenated alkanes) is 1. The lowest BCUT2D eigenvalue weighted by molar-refractivity contribution is -0.147. The third-order valence-electron chi connectivity index (χ3n) is 4.78. The number of carbonyl (C=O) groups is 1. The molecule has 3 rings (SSSR count). The van der Waals surface area contributed by atoms with Crippen molar-refractivity contribution in [1.82, 2.24) is 0 Å². The summed E-state index contributed by atoms with van der Waals surface area (Å²) >= 11 is 3.51. The molecule has 2 aliphatic rings. The summed E-state index contributed by atoms with van der Waals surface area (Å²) in [6, 6.07) is 5.60. The molecule has 1 aromatic carbocycles. The monoisotopic (exact) mass is 439 g/mol. The fourth-order valence-electron chi connectivity index (χ4n) is 3.08. The molecule has 1 fully saturated rings. The first-order chi connectivity index (χ1) is 13.0. The van der Waals surface area contributed by atoms with E-state index in [-0.39, 0.29) is 12.2 Å². The summed E-state index contributed by atoms with van der Waals surface area (Å²) in [5, 5.41) is 4.36. The number of ether oxygens (including phenoxy) is 3. The molecule has 27 heavy (non-hydrogen) atoms. The van der Waals surface area contributed by atoms with Crippen LogP contribution in [0.2, 0.25) is 0 Å². The zero-order chi connectivity index (χ0) is 19.4. The largest absolute Gasteiger partial charge is 0.478 e. The van der Waals surface area contributed by atoms with E-state index in [1.807, 2.05) is 18.2 Å². The van der Waals surface area contributed by atoms with Crippen molar-refractivity contribution < 1.29 is 23.8 Å². The Kier molecular flexibility index (Phi) is 6.76. The van der Waals surface area contributed by atoms with Gasteiger partial charge < -0.3 is 19.0 Å². The minimum Gasteiger partial charge on any atom is -0.478 e. The molecule has 1 aromatic rings. The van der Waals surface area contributed by atoms with E-state index in [1.165, 1.54) is 7.11 Å². The Morgan fingerprint density at radius 1 is 1.41 bits per heavy atom. The minimum atomic E-state index is -0.725. The van der Waals surface area contributed by atoms with Gasteiger partial charge in [-0.1, -0.05) is 34.4 Å². The van der Waals surface area contributed by atoms with Crippen LogP contribution in [0.3, 0.4) is 0 Å². The lowest BCUT2D eigenvalue weighted by Crippen LogP contribution is -2.35. The van der Waals surface area contributed by atoms with Crippen molar-refractivity contribution in [3.8, 4) is 5.75 Å². The van der Waals surface area contributed by atoms with Crippen LogP contribution in [0.15, 0.2) is 27.8 Å². The maximum absolute atomic E-state index is 11.8. The van der Waals surface area contributed by atoms with Crippen LogP contribution in [0.4, 0.5) is 0 Å². The highest BCUT2D eigenvalue weighted by Crippen LogP contribution is 2.41. The zero-order valence-corrected chi connectivity index (χ0v) is 17.5. The summed E-state index contributed by atoms with van der Waals surface area (Å²) in [5.74, 6) is 0.613. The summed E-state index contributed by atoms with van der Waals surface area (Å²) in [4.78, 5) is 17.5. The lowest BCUT2D eigenvalue weighted by Gasteiger charge is -2.21. The Morgan fingerprint density at radius 2 is 2.19 bits per heavy atom. The van der Waals surface area contributed by atoms with Crippen LogP contribution in [0.1, 0.15) is 45.1 Å². The van der Waals surface area contributed by atoms with Crippen molar-refractivity contribution in [2.75, 3.05) is 13.7 Å². The minimum absolute atomic E-state index is 0.0540. The van der Waals surface area contributed by atoms with Gasteiger partial charge >= 0.3 is 5.97 Å². The quantitative estimate of drug-likeness (QED) is 0.428. The van der Waals surface area contributed by atoms with Crippen molar-refractivity contribution in [3.63, 3.8) is 0 Å². The maximum atomic E-state index is 11.8. The number of methoxy groups -OCH3 is 1. The summed E-state index contributed by atoms with van der Waals surface area (Å²) in [7, 11) is 1.34. The molecule has 1 saturated carbocycles. The van der Waals surface area contributed by atoms with Crippen LogP contribution < -0.4 is 4.74 Å². The highest BCUT2D eigenvalue weighted by Gasteiger charge is 2.46. The van der Waals surface area contributed by atoms with Crippen LogP contribution in [0.25, 0.3) is 0 Å². The van der Waals surface area contributed by atoms with E-state index in [0.717, 1.165) is 41.4 Å². The maximum Gasteiger partial charge on any atom is 0.346 e. The molecule has 1 aliphatic carbocycles. The standard InChI is InChI=1S/C20H26BrNO5/c1-4-5-10-25-19-17(22-27-18(19)13-6-7-13)15-11-14(21)8-9-16(15)26-12(2)20(23)24-3/h8-9,11-13,18-19H,4-7,10H2,1-3H3/t12-,18-,19-/m0/s1. The third kappa shape index (κ3) is 4.82. The van der Waals surface area contributed by atoms with Crippen molar-refractivity contribution >= 4 is 27.6 Å². The van der Waals surface area contributed by atoms with Gasteiger partial charge in [0.05, 0.1) is 7.11 Å². The first kappa shape index (κ1) is 20.1. The van der Waals surface area contributed by atoms with Gasteiger partial charge in [0.15, 0.2) is 12.2 Å². The van der Waals surface area contributed by atoms with E-state index in [9.17, 15) is 4.79 Å². The molecule has 148 valence electrons. The summed E-state index contributed by atoms with van der Waals surface area (Å²) in [5.41, 5.74) is 1.49. The average molecular weight is 440 g/mol. The molecule has 0 spiro atoms. The Bertz CT molecular complexity index is 704. The first-order valence-electron chi connectivity index (χ1n) is 9.44. The van der Waals surface area contributed by atoms with Crippen molar-refractivity contribution in [3.05, 3.63) is 28.2 Å². The fraction of sp³-hybridized carbons (Fsp3) is 0.600. The van der Waals surface area contributed by atoms with Crippen LogP contribution in [-0.2, 0) is 19.1 Å². The molecule has 0 aromatic heterocycles. The molecule has 7 heteroatoms. The number of hydrogen-bond donors (Lipinski definition) is 0. The molecule has 1 aliphatic heterocycles. The van der Waals surface area contributed by atoms with E-state index in [1.54, 1.807) is 6.92 Å². The summed E-state index contributed by atoms with van der Waals surface area (Å²) < 4.78 is 17.7. The second-order valence-electron chi connectivity index (χ2n) is 6.95. The first-order valence-corrected chi connectivity index (χ1v) is 10.2. The molecule has 0 N–H and O–H groups in total. The highest BCUT2D eigenvalue weighted by atomic mass is 79.9. The lowest BCUT2D eigenvalue weighted by atomic mass is 9.98. The van der Waals surface area contributed by atoms with Gasteiger partial charge in [-0.25, -0.2) is 4.79 Å². The number of halogens is 1. The Balaban J connectivity index is 1.86. The molecule has 1 heterocycles. The average Bonchev–Trinajstić information content (AvgIpc) is 3.43. The Morgan fingerprint density at radius 3 is 2.85 bits per heavy atom. The zero-order valence-electron chi connectivity index (χ0n) is 15.9. The molecule has 6 nitrogen and oxygen atoms in total. The van der Waals surface area contributed by atoms with Gasteiger partial charge in [-0.3, -0.25) is 0 Å². The molecular weight excluding hydrogens is 414 g/mol. The van der Waals surface area contributed by atoms with E-state index in [4.69, 9.17) is 19.0 Å². The topological polar surface area (TPSA) is 66.4 Å². The van der Waals surface area contributed by atoms with Gasteiger partial charge in [0, 0.05) is 22.6 Å². The number of rotatable bonds is 9. The number of carbonyl (C=O) groups excluding carboxylic acids is 1. The predicted octanol–water partition coefficient (Wildman–Crippen LogP) is 4.09. The molecule has 0 unspecified atom stereocenters. The number of oxime groups is 1. The molecule has 0 saturated heterocycles. The van der Waals surface area contributed by atoms with Crippen LogP contribution in [0, 0.1) is 5.92 Å². The Labute approximate surface area is 168 Å². The van der Waals surface area contributed by atoms with Crippen LogP contribution in [-0.4, -0.2) is 43.7 Å². The Hall–Kier alpha value is -1.60. The van der Waals surface area contributed by atoms with Crippen molar-refractivity contribution in [2.45, 2.75) is 57.8 Å². The van der Waals surface area contributed by atoms with Crippen LogP contribution in [0.5, 0.6) is 5.75 Å². The van der Waals surface area contributed by atoms with Gasteiger partial charge in [0.25, 0.3) is 0 Å². The predicted molar refractivity (Wildman–Crippen MR) is 105 cm³/mol. The van der Waals surface area contributed by atoms with Crippen molar-refractivity contribution in [1.29, 1.82) is 0 Å². The number of nitrogens with zero attached hydrogens (tertiary/aromatic N) is 1. The molecule has 0 radical (unpaired) electrons. The van der Waals surface area contributed by atoms with E-state index >= 15 is 0 Å². The van der Waals surface area contributed by atoms with Gasteiger partial charge in [0.2, 0.25) is 0 Å². The molecule has 0 bridgehead atoms. The van der Waals surface area contributed by atoms with Gasteiger partial charge in [0.1, 0.15) is 17.6 Å². The molecular formula is C20H26BrNO5. The van der Waals surface area contributed by atoms with Gasteiger partial charge in [-0.15, -0.1) is 0 Å². The highest BCUT2D eigenvalue weighted by molar-refractivity contribution is 9.10. The van der Waals surface area contributed by atoms with E-state index < -0.39 is 12.1 Å². The van der Waals surface area contributed by atoms with E-state index in [2.05, 4.69) is 28.0 Å². The normalized spacial score (nSPS) is 22.7. The number of hydrogen-bond acceptors (Lipinski definition) is 6.